The van der Waals surface area contributed by atoms with Gasteiger partial charge < -0.3 is 0 Å². The van der Waals surface area contributed by atoms with Gasteiger partial charge in [0.15, 0.2) is 0 Å². The molecule has 0 aliphatic heterocycles. The van der Waals surface area contributed by atoms with E-state index < -0.39 is 7.26 Å². The molecule has 0 heterocycles. The number of allylic oxidation sites excluding steroid dienone is 2. The third kappa shape index (κ3) is 6.47. The summed E-state index contributed by atoms with van der Waals surface area (Å²) in [6.45, 7) is 9.13. The summed E-state index contributed by atoms with van der Waals surface area (Å²) in [4.78, 5) is 0. The molecule has 1 unspecified atom stereocenters. The van der Waals surface area contributed by atoms with Gasteiger partial charge in [-0.05, 0) is 0 Å². The number of hydrogen-bond acceptors (Lipinski definition) is 1. The molecule has 2 heteroatoms. The second-order valence-electron chi connectivity index (χ2n) is 10.3. The van der Waals surface area contributed by atoms with E-state index in [0.29, 0.717) is 5.66 Å². The number of hydrogen-bond donors (Lipinski definition) is 0. The van der Waals surface area contributed by atoms with Gasteiger partial charge in [0.1, 0.15) is 0 Å². The first kappa shape index (κ1) is 26.4. The van der Waals surface area contributed by atoms with Gasteiger partial charge in [0.2, 0.25) is 0 Å². The van der Waals surface area contributed by atoms with E-state index in [4.69, 9.17) is 4.74 Å². The third-order valence-electron chi connectivity index (χ3n) is 7.42. The van der Waals surface area contributed by atoms with Crippen LogP contribution in [0.15, 0.2) is 103 Å². The topological polar surface area (TPSA) is 9.23 Å². The summed E-state index contributed by atoms with van der Waals surface area (Å²) in [6.07, 6.45) is 8.22. The van der Waals surface area contributed by atoms with Crippen LogP contribution in [0.25, 0.3) is 0 Å². The van der Waals surface area contributed by atoms with Gasteiger partial charge in [-0.3, -0.25) is 0 Å². The Balaban J connectivity index is 1.87. The van der Waals surface area contributed by atoms with E-state index >= 15 is 0 Å². The predicted octanol–water partition coefficient (Wildman–Crippen LogP) is 7.42. The molecule has 0 spiro atoms. The van der Waals surface area contributed by atoms with Crippen molar-refractivity contribution in [3.63, 3.8) is 0 Å². The van der Waals surface area contributed by atoms with E-state index in [-0.39, 0.29) is 5.60 Å². The van der Waals surface area contributed by atoms with Crippen LogP contribution < -0.4 is 15.9 Å². The van der Waals surface area contributed by atoms with Crippen LogP contribution in [0.2, 0.25) is 0 Å². The van der Waals surface area contributed by atoms with Crippen molar-refractivity contribution < 1.29 is 4.74 Å². The molecule has 1 nitrogen and oxygen atoms in total. The van der Waals surface area contributed by atoms with Crippen molar-refractivity contribution >= 4 is 23.2 Å². The monoisotopic (exact) mass is 474 g/mol. The van der Waals surface area contributed by atoms with Crippen LogP contribution >= 0.6 is 7.26 Å². The standard InChI is InChI=1S/C32H43OP/c1-27(18-16-26-32(3,4)33-5)17-15-19-28(2)34(29-20-9-6-10-21-29,30-22-11-7-12-23-30)31-24-13-8-14-25-31/h6-14,17,20-25,28,34H,15-16,18-19,26H2,1-5H3/b27-17+. The third-order valence-corrected chi connectivity index (χ3v) is 12.9. The molecular formula is C32H43OP. The Hall–Kier alpha value is -2.21. The Kier molecular flexibility index (Phi) is 9.69. The van der Waals surface area contributed by atoms with E-state index in [2.05, 4.69) is 125 Å². The SMILES string of the molecule is COC(C)(C)CCC/C(C)=C/CCC(C)[PH](c1ccccc1)(c1ccccc1)c1ccccc1. The molecule has 0 aliphatic carbocycles. The maximum atomic E-state index is 5.58. The van der Waals surface area contributed by atoms with E-state index in [1.165, 1.54) is 34.3 Å². The van der Waals surface area contributed by atoms with E-state index in [1.54, 1.807) is 0 Å². The van der Waals surface area contributed by atoms with Crippen LogP contribution in [-0.2, 0) is 4.74 Å². The van der Waals surface area contributed by atoms with Gasteiger partial charge in [0.05, 0.1) is 0 Å². The van der Waals surface area contributed by atoms with Crippen molar-refractivity contribution in [1.82, 2.24) is 0 Å². The van der Waals surface area contributed by atoms with Crippen molar-refractivity contribution in [2.45, 2.75) is 71.1 Å². The minimum atomic E-state index is -2.20. The average Bonchev–Trinajstić information content (AvgIpc) is 2.86. The van der Waals surface area contributed by atoms with Gasteiger partial charge in [-0.15, -0.1) is 0 Å². The number of rotatable bonds is 12. The van der Waals surface area contributed by atoms with Crippen LogP contribution in [0, 0.1) is 0 Å². The molecule has 0 aliphatic rings. The van der Waals surface area contributed by atoms with Crippen LogP contribution in [0.4, 0.5) is 0 Å². The van der Waals surface area contributed by atoms with Crippen molar-refractivity contribution in [1.29, 1.82) is 0 Å². The maximum absolute atomic E-state index is 5.58. The molecule has 3 aromatic rings. The van der Waals surface area contributed by atoms with Crippen LogP contribution in [0.5, 0.6) is 0 Å². The normalized spacial score (nSPS) is 14.1. The fraction of sp³-hybridized carbons (Fsp3) is 0.375. The second kappa shape index (κ2) is 12.5. The first-order chi connectivity index (χ1) is 16.4. The Morgan fingerprint density at radius 1 is 0.824 bits per heavy atom. The van der Waals surface area contributed by atoms with Gasteiger partial charge in [0.25, 0.3) is 0 Å². The summed E-state index contributed by atoms with van der Waals surface area (Å²) in [6, 6.07) is 33.8. The molecule has 0 N–H and O–H groups in total. The Bertz CT molecular complexity index is 912. The molecule has 0 radical (unpaired) electrons. The predicted molar refractivity (Wildman–Crippen MR) is 154 cm³/mol. The zero-order chi connectivity index (χ0) is 24.4. The first-order valence-electron chi connectivity index (χ1n) is 12.8. The van der Waals surface area contributed by atoms with Gasteiger partial charge in [-0.1, -0.05) is 0 Å². The molecule has 0 saturated heterocycles. The molecular weight excluding hydrogens is 431 g/mol. The number of ether oxygens (including phenoxy) is 1. The fourth-order valence-corrected chi connectivity index (χ4v) is 10.7. The quantitative estimate of drug-likeness (QED) is 0.196. The summed E-state index contributed by atoms with van der Waals surface area (Å²) >= 11 is 0. The Morgan fingerprint density at radius 2 is 1.26 bits per heavy atom. The minimum absolute atomic E-state index is 0.0267. The van der Waals surface area contributed by atoms with Gasteiger partial charge >= 0.3 is 209 Å². The van der Waals surface area contributed by atoms with Crippen molar-refractivity contribution in [3.05, 3.63) is 103 Å². The van der Waals surface area contributed by atoms with E-state index in [1.807, 2.05) is 7.11 Å². The van der Waals surface area contributed by atoms with Crippen molar-refractivity contribution in [2.24, 2.45) is 0 Å². The average molecular weight is 475 g/mol. The Labute approximate surface area is 208 Å². The summed E-state index contributed by atoms with van der Waals surface area (Å²) in [5, 5.41) is 4.51. The second-order valence-corrected chi connectivity index (χ2v) is 14.6. The molecule has 182 valence electrons. The molecule has 3 rings (SSSR count). The van der Waals surface area contributed by atoms with Gasteiger partial charge in [-0.2, -0.15) is 0 Å². The number of benzene rings is 3. The molecule has 0 bridgehead atoms. The number of methoxy groups -OCH3 is 1. The molecule has 34 heavy (non-hydrogen) atoms. The van der Waals surface area contributed by atoms with E-state index in [0.717, 1.165) is 19.3 Å². The van der Waals surface area contributed by atoms with E-state index in [9.17, 15) is 0 Å². The summed E-state index contributed by atoms with van der Waals surface area (Å²) in [7, 11) is -0.388. The molecule has 0 saturated carbocycles. The first-order valence-corrected chi connectivity index (χ1v) is 14.9. The van der Waals surface area contributed by atoms with Gasteiger partial charge in [-0.25, -0.2) is 0 Å². The summed E-state index contributed by atoms with van der Waals surface area (Å²) in [5.74, 6) is 0. The van der Waals surface area contributed by atoms with Gasteiger partial charge in [0, 0.05) is 0 Å². The molecule has 0 amide bonds. The summed E-state index contributed by atoms with van der Waals surface area (Å²) in [5.41, 5.74) is 2.04. The Morgan fingerprint density at radius 3 is 1.68 bits per heavy atom. The molecule has 1 atom stereocenters. The van der Waals surface area contributed by atoms with Crippen LogP contribution in [0.1, 0.15) is 59.8 Å². The van der Waals surface area contributed by atoms with Crippen molar-refractivity contribution in [2.75, 3.05) is 7.11 Å². The molecule has 3 aromatic carbocycles. The summed E-state index contributed by atoms with van der Waals surface area (Å²) < 4.78 is 5.58. The zero-order valence-corrected chi connectivity index (χ0v) is 22.8. The fourth-order valence-electron chi connectivity index (χ4n) is 5.25. The molecule has 0 aromatic heterocycles. The van der Waals surface area contributed by atoms with Crippen molar-refractivity contribution in [3.8, 4) is 0 Å². The van der Waals surface area contributed by atoms with Crippen LogP contribution in [-0.4, -0.2) is 18.4 Å². The van der Waals surface area contributed by atoms with Crippen LogP contribution in [0.3, 0.4) is 0 Å². The zero-order valence-electron chi connectivity index (χ0n) is 21.8. The molecule has 0 fully saturated rings.